The number of halogens is 1. The number of aromatic carboxylic acids is 1. The topological polar surface area (TPSA) is 64.9 Å². The molecule has 0 fully saturated rings. The van der Waals surface area contributed by atoms with Crippen LogP contribution in [-0.2, 0) is 5.41 Å². The average Bonchev–Trinajstić information content (AvgIpc) is 2.80. The minimum absolute atomic E-state index is 0.0392. The monoisotopic (exact) mass is 369 g/mol. The van der Waals surface area contributed by atoms with E-state index in [2.05, 4.69) is 41.4 Å². The van der Waals surface area contributed by atoms with E-state index in [1.54, 1.807) is 12.3 Å². The fourth-order valence-electron chi connectivity index (χ4n) is 3.28. The standard InChI is InChI=1S/C20H20ClN3O2/c1-20(2)15-6-4-5-7-17(15)24(3)18(20)10-11-22-23-13-8-9-16(21)14(12-13)19(25)26/h4-12,23H,1-3H3,(H,25,26)/b18-10-,22-11+. The van der Waals surface area contributed by atoms with Crippen LogP contribution >= 0.6 is 11.6 Å². The van der Waals surface area contributed by atoms with Gasteiger partial charge in [0.2, 0.25) is 0 Å². The van der Waals surface area contributed by atoms with E-state index in [1.807, 2.05) is 25.3 Å². The fraction of sp³-hybridized carbons (Fsp3) is 0.200. The van der Waals surface area contributed by atoms with Crippen LogP contribution in [0.25, 0.3) is 0 Å². The summed E-state index contributed by atoms with van der Waals surface area (Å²) < 4.78 is 0. The minimum atomic E-state index is -1.07. The Hall–Kier alpha value is -2.79. The van der Waals surface area contributed by atoms with Crippen LogP contribution in [0.3, 0.4) is 0 Å². The lowest BCUT2D eigenvalue weighted by Gasteiger charge is -2.23. The number of carboxylic acid groups (broad SMARTS) is 1. The van der Waals surface area contributed by atoms with Gasteiger partial charge in [0.25, 0.3) is 0 Å². The van der Waals surface area contributed by atoms with Gasteiger partial charge in [0, 0.05) is 30.1 Å². The van der Waals surface area contributed by atoms with Crippen molar-refractivity contribution in [2.75, 3.05) is 17.4 Å². The van der Waals surface area contributed by atoms with Crippen LogP contribution < -0.4 is 10.3 Å². The van der Waals surface area contributed by atoms with Crippen LogP contribution in [-0.4, -0.2) is 24.3 Å². The number of para-hydroxylation sites is 1. The molecular weight excluding hydrogens is 350 g/mol. The second kappa shape index (κ2) is 6.84. The number of hydrogen-bond acceptors (Lipinski definition) is 4. The predicted molar refractivity (Wildman–Crippen MR) is 106 cm³/mol. The highest BCUT2D eigenvalue weighted by molar-refractivity contribution is 6.33. The van der Waals surface area contributed by atoms with Gasteiger partial charge in [0.1, 0.15) is 0 Å². The van der Waals surface area contributed by atoms with Crippen molar-refractivity contribution in [1.29, 1.82) is 0 Å². The predicted octanol–water partition coefficient (Wildman–Crippen LogP) is 4.75. The number of carboxylic acids is 1. The molecule has 1 aliphatic heterocycles. The molecule has 0 saturated carbocycles. The Morgan fingerprint density at radius 2 is 2.00 bits per heavy atom. The molecule has 134 valence electrons. The molecule has 2 aromatic rings. The molecule has 2 N–H and O–H groups in total. The highest BCUT2D eigenvalue weighted by atomic mass is 35.5. The van der Waals surface area contributed by atoms with Gasteiger partial charge in [0.05, 0.1) is 16.3 Å². The number of fused-ring (bicyclic) bond motifs is 1. The molecule has 0 bridgehead atoms. The molecule has 0 saturated heterocycles. The zero-order valence-corrected chi connectivity index (χ0v) is 15.6. The van der Waals surface area contributed by atoms with Crippen LogP contribution in [0.1, 0.15) is 29.8 Å². The fourth-order valence-corrected chi connectivity index (χ4v) is 3.48. The number of rotatable bonds is 4. The van der Waals surface area contributed by atoms with Gasteiger partial charge in [-0.3, -0.25) is 5.43 Å². The van der Waals surface area contributed by atoms with E-state index in [4.69, 9.17) is 16.7 Å². The van der Waals surface area contributed by atoms with Crippen LogP contribution in [0.15, 0.2) is 59.3 Å². The van der Waals surface area contributed by atoms with E-state index in [0.29, 0.717) is 5.69 Å². The second-order valence-electron chi connectivity index (χ2n) is 6.64. The third-order valence-electron chi connectivity index (χ3n) is 4.64. The number of nitrogens with one attached hydrogen (secondary N) is 1. The second-order valence-corrected chi connectivity index (χ2v) is 7.05. The highest BCUT2D eigenvalue weighted by Gasteiger charge is 2.37. The van der Waals surface area contributed by atoms with Crippen molar-refractivity contribution in [3.63, 3.8) is 0 Å². The van der Waals surface area contributed by atoms with E-state index >= 15 is 0 Å². The van der Waals surface area contributed by atoms with Gasteiger partial charge < -0.3 is 10.0 Å². The van der Waals surface area contributed by atoms with Gasteiger partial charge in [-0.1, -0.05) is 43.6 Å². The van der Waals surface area contributed by atoms with E-state index in [0.717, 1.165) is 5.70 Å². The van der Waals surface area contributed by atoms with Gasteiger partial charge in [0.15, 0.2) is 0 Å². The molecule has 2 aromatic carbocycles. The van der Waals surface area contributed by atoms with Crippen molar-refractivity contribution in [3.8, 4) is 0 Å². The number of hydrazone groups is 1. The Morgan fingerprint density at radius 1 is 1.27 bits per heavy atom. The van der Waals surface area contributed by atoms with Crippen molar-refractivity contribution in [3.05, 3.63) is 70.4 Å². The molecule has 0 aliphatic carbocycles. The lowest BCUT2D eigenvalue weighted by molar-refractivity contribution is 0.0697. The Labute approximate surface area is 157 Å². The first kappa shape index (κ1) is 18.0. The summed E-state index contributed by atoms with van der Waals surface area (Å²) in [6.45, 7) is 4.36. The maximum atomic E-state index is 11.1. The molecule has 0 unspecified atom stereocenters. The maximum Gasteiger partial charge on any atom is 0.337 e. The average molecular weight is 370 g/mol. The van der Waals surface area contributed by atoms with Gasteiger partial charge in [-0.05, 0) is 35.9 Å². The first-order valence-electron chi connectivity index (χ1n) is 8.18. The molecule has 26 heavy (non-hydrogen) atoms. The van der Waals surface area contributed by atoms with E-state index in [-0.39, 0.29) is 16.0 Å². The molecule has 1 aliphatic rings. The summed E-state index contributed by atoms with van der Waals surface area (Å²) in [6.07, 6.45) is 3.63. The van der Waals surface area contributed by atoms with Crippen molar-refractivity contribution in [1.82, 2.24) is 0 Å². The number of hydrogen-bond donors (Lipinski definition) is 2. The van der Waals surface area contributed by atoms with Crippen LogP contribution in [0.2, 0.25) is 5.02 Å². The van der Waals surface area contributed by atoms with Gasteiger partial charge >= 0.3 is 5.97 Å². The van der Waals surface area contributed by atoms with Crippen LogP contribution in [0.4, 0.5) is 11.4 Å². The normalized spacial score (nSPS) is 16.9. The summed E-state index contributed by atoms with van der Waals surface area (Å²) in [4.78, 5) is 13.3. The molecular formula is C20H20ClN3O2. The van der Waals surface area contributed by atoms with E-state index < -0.39 is 5.97 Å². The van der Waals surface area contributed by atoms with E-state index in [9.17, 15) is 4.79 Å². The molecule has 1 heterocycles. The third kappa shape index (κ3) is 3.18. The SMILES string of the molecule is CN1/C(=C\C=N\Nc2ccc(Cl)c(C(=O)O)c2)C(C)(C)c2ccccc21. The number of benzene rings is 2. The summed E-state index contributed by atoms with van der Waals surface area (Å²) in [5.41, 5.74) is 6.92. The maximum absolute atomic E-state index is 11.1. The van der Waals surface area contributed by atoms with Gasteiger partial charge in [-0.25, -0.2) is 4.79 Å². The molecule has 0 radical (unpaired) electrons. The minimum Gasteiger partial charge on any atom is -0.478 e. The first-order chi connectivity index (χ1) is 12.3. The number of carbonyl (C=O) groups is 1. The van der Waals surface area contributed by atoms with E-state index in [1.165, 1.54) is 23.4 Å². The first-order valence-corrected chi connectivity index (χ1v) is 8.56. The number of anilines is 2. The lowest BCUT2D eigenvalue weighted by Crippen LogP contribution is -2.23. The van der Waals surface area contributed by atoms with Crippen LogP contribution in [0, 0.1) is 0 Å². The lowest BCUT2D eigenvalue weighted by atomic mass is 9.84. The molecule has 0 spiro atoms. The molecule has 6 heteroatoms. The van der Waals surface area contributed by atoms with Crippen molar-refractivity contribution < 1.29 is 9.90 Å². The number of nitrogens with zero attached hydrogens (tertiary/aromatic N) is 2. The highest BCUT2D eigenvalue weighted by Crippen LogP contribution is 2.46. The Balaban J connectivity index is 1.79. The molecule has 5 nitrogen and oxygen atoms in total. The zero-order chi connectivity index (χ0) is 18.9. The summed E-state index contributed by atoms with van der Waals surface area (Å²) in [5, 5.41) is 13.5. The summed E-state index contributed by atoms with van der Waals surface area (Å²) in [7, 11) is 2.04. The smallest absolute Gasteiger partial charge is 0.337 e. The zero-order valence-electron chi connectivity index (χ0n) is 14.8. The van der Waals surface area contributed by atoms with Crippen molar-refractivity contribution in [2.24, 2.45) is 5.10 Å². The van der Waals surface area contributed by atoms with Crippen molar-refractivity contribution in [2.45, 2.75) is 19.3 Å². The Bertz CT molecular complexity index is 919. The largest absolute Gasteiger partial charge is 0.478 e. The summed E-state index contributed by atoms with van der Waals surface area (Å²) in [5.74, 6) is -1.07. The van der Waals surface area contributed by atoms with Crippen LogP contribution in [0.5, 0.6) is 0 Å². The molecule has 0 amide bonds. The van der Waals surface area contributed by atoms with Gasteiger partial charge in [-0.15, -0.1) is 0 Å². The quantitative estimate of drug-likeness (QED) is 0.603. The molecule has 3 rings (SSSR count). The van der Waals surface area contributed by atoms with Crippen molar-refractivity contribution >= 4 is 35.2 Å². The molecule has 0 atom stereocenters. The summed E-state index contributed by atoms with van der Waals surface area (Å²) in [6, 6.07) is 13.0. The molecule has 0 aromatic heterocycles. The Kier molecular flexibility index (Phi) is 4.74. The van der Waals surface area contributed by atoms with Gasteiger partial charge in [-0.2, -0.15) is 5.10 Å². The Morgan fingerprint density at radius 3 is 2.69 bits per heavy atom. The number of likely N-dealkylation sites (N-methyl/N-ethyl adjacent to an activating group) is 1. The summed E-state index contributed by atoms with van der Waals surface area (Å²) >= 11 is 5.87. The third-order valence-corrected chi connectivity index (χ3v) is 4.97. The number of allylic oxidation sites excluding steroid dienone is 2.